The van der Waals surface area contributed by atoms with Gasteiger partial charge in [-0.15, -0.1) is 0 Å². The lowest BCUT2D eigenvalue weighted by atomic mass is 9.96. The van der Waals surface area contributed by atoms with Crippen LogP contribution in [0.3, 0.4) is 0 Å². The second kappa shape index (κ2) is 19.2. The first-order valence-corrected chi connectivity index (χ1v) is 20.9. The Morgan fingerprint density at radius 2 is 1.10 bits per heavy atom. The quantitative estimate of drug-likeness (QED) is 0.151. The zero-order valence-electron chi connectivity index (χ0n) is 31.2. The highest BCUT2D eigenvalue weighted by Crippen LogP contribution is 2.32. The molecular weight excluding hydrogens is 788 g/mol. The first kappa shape index (κ1) is 40.7. The van der Waals surface area contributed by atoms with Crippen LogP contribution in [-0.2, 0) is 13.1 Å². The van der Waals surface area contributed by atoms with E-state index in [0.717, 1.165) is 109 Å². The predicted octanol–water partition coefficient (Wildman–Crippen LogP) is 7.45. The number of halogens is 2. The van der Waals surface area contributed by atoms with E-state index in [0.29, 0.717) is 35.7 Å². The third-order valence-corrected chi connectivity index (χ3v) is 11.7. The van der Waals surface area contributed by atoms with E-state index < -0.39 is 0 Å². The van der Waals surface area contributed by atoms with Crippen molar-refractivity contribution in [1.29, 1.82) is 0 Å². The highest BCUT2D eigenvalue weighted by Gasteiger charge is 2.31. The molecule has 284 valence electrons. The van der Waals surface area contributed by atoms with Crippen LogP contribution < -0.4 is 11.1 Å². The highest BCUT2D eigenvalue weighted by atomic mass is 79.9. The van der Waals surface area contributed by atoms with Gasteiger partial charge in [-0.3, -0.25) is 28.5 Å². The molecule has 2 aliphatic heterocycles. The molecule has 2 aliphatic rings. The highest BCUT2D eigenvalue weighted by molar-refractivity contribution is 9.10. The van der Waals surface area contributed by atoms with Gasteiger partial charge in [0, 0.05) is 48.3 Å². The van der Waals surface area contributed by atoms with Crippen LogP contribution in [0.15, 0.2) is 54.9 Å². The van der Waals surface area contributed by atoms with Gasteiger partial charge in [-0.25, -0.2) is 9.97 Å². The maximum absolute atomic E-state index is 13.1. The lowest BCUT2D eigenvalue weighted by Crippen LogP contribution is -2.41. The second-order valence-electron chi connectivity index (χ2n) is 14.3. The van der Waals surface area contributed by atoms with Crippen LogP contribution in [0.2, 0.25) is 0 Å². The molecule has 2 fully saturated rings. The molecular formula is C40H56Br2N6O4. The van der Waals surface area contributed by atoms with Crippen molar-refractivity contribution in [2.45, 2.75) is 104 Å². The Bertz CT molecular complexity index is 1780. The normalized spacial score (nSPS) is 19.8. The number of fused-ring (bicyclic) bond motifs is 2. The van der Waals surface area contributed by atoms with Crippen molar-refractivity contribution in [3.05, 3.63) is 77.7 Å². The Morgan fingerprint density at radius 1 is 0.692 bits per heavy atom. The Hall–Kier alpha value is -2.48. The number of aliphatic hydroxyl groups is 2. The topological polar surface area (TPSA) is 117 Å². The molecule has 0 amide bonds. The van der Waals surface area contributed by atoms with Gasteiger partial charge in [-0.1, -0.05) is 58.5 Å². The van der Waals surface area contributed by atoms with Crippen molar-refractivity contribution >= 4 is 53.7 Å². The van der Waals surface area contributed by atoms with Gasteiger partial charge in [0.2, 0.25) is 0 Å². The largest absolute Gasteiger partial charge is 0.396 e. The predicted molar refractivity (Wildman–Crippen MR) is 217 cm³/mol. The molecule has 52 heavy (non-hydrogen) atoms. The Kier molecular flexibility index (Phi) is 15.0. The SMILES string of the molecule is CCC[C@@H](c1nc2ccc(Br)cc2c(=O)n1CC)N1CCC[C@@H](CO)C1.CCC[C@H](c1nc2ccc(Br)cc2c(=O)n1CC)N1CCC[C@@H](CO)C1. The maximum Gasteiger partial charge on any atom is 0.261 e. The molecule has 4 atom stereocenters. The van der Waals surface area contributed by atoms with Crippen molar-refractivity contribution in [3.63, 3.8) is 0 Å². The van der Waals surface area contributed by atoms with Crippen molar-refractivity contribution in [1.82, 2.24) is 28.9 Å². The van der Waals surface area contributed by atoms with Crippen LogP contribution in [0.5, 0.6) is 0 Å². The van der Waals surface area contributed by atoms with Crippen molar-refractivity contribution in [2.24, 2.45) is 11.8 Å². The van der Waals surface area contributed by atoms with Gasteiger partial charge in [0.1, 0.15) is 11.6 Å². The number of aliphatic hydroxyl groups excluding tert-OH is 2. The molecule has 4 heterocycles. The Labute approximate surface area is 324 Å². The summed E-state index contributed by atoms with van der Waals surface area (Å²) in [7, 11) is 0. The van der Waals surface area contributed by atoms with E-state index in [1.165, 1.54) is 0 Å². The van der Waals surface area contributed by atoms with Gasteiger partial charge in [-0.2, -0.15) is 0 Å². The molecule has 0 spiro atoms. The molecule has 2 saturated heterocycles. The fraction of sp³-hybridized carbons (Fsp3) is 0.600. The van der Waals surface area contributed by atoms with E-state index in [1.807, 2.05) is 59.4 Å². The number of hydrogen-bond acceptors (Lipinski definition) is 8. The third kappa shape index (κ3) is 9.24. The molecule has 2 N–H and O–H groups in total. The summed E-state index contributed by atoms with van der Waals surface area (Å²) in [5, 5.41) is 20.5. The molecule has 12 heteroatoms. The van der Waals surface area contributed by atoms with E-state index in [9.17, 15) is 19.8 Å². The number of likely N-dealkylation sites (tertiary alicyclic amines) is 2. The summed E-state index contributed by atoms with van der Waals surface area (Å²) in [5.41, 5.74) is 1.58. The van der Waals surface area contributed by atoms with Crippen LogP contribution >= 0.6 is 31.9 Å². The molecule has 10 nitrogen and oxygen atoms in total. The zero-order valence-corrected chi connectivity index (χ0v) is 34.4. The summed E-state index contributed by atoms with van der Waals surface area (Å²) in [4.78, 5) is 40.9. The fourth-order valence-electron chi connectivity index (χ4n) is 8.10. The minimum Gasteiger partial charge on any atom is -0.396 e. The number of rotatable bonds is 12. The lowest BCUT2D eigenvalue weighted by Gasteiger charge is -2.38. The average molecular weight is 845 g/mol. The van der Waals surface area contributed by atoms with Crippen LogP contribution in [0, 0.1) is 11.8 Å². The van der Waals surface area contributed by atoms with E-state index >= 15 is 0 Å². The van der Waals surface area contributed by atoms with Gasteiger partial charge < -0.3 is 10.2 Å². The number of hydrogen-bond donors (Lipinski definition) is 2. The first-order valence-electron chi connectivity index (χ1n) is 19.3. The molecule has 0 aliphatic carbocycles. The van der Waals surface area contributed by atoms with Gasteiger partial charge in [0.15, 0.2) is 0 Å². The van der Waals surface area contributed by atoms with Crippen LogP contribution in [0.25, 0.3) is 21.8 Å². The van der Waals surface area contributed by atoms with Crippen LogP contribution in [0.1, 0.15) is 103 Å². The summed E-state index contributed by atoms with van der Waals surface area (Å²) in [6.45, 7) is 13.8. The van der Waals surface area contributed by atoms with E-state index in [2.05, 4.69) is 55.5 Å². The van der Waals surface area contributed by atoms with E-state index in [4.69, 9.17) is 9.97 Å². The molecule has 0 saturated carbocycles. The minimum absolute atomic E-state index is 0.0330. The van der Waals surface area contributed by atoms with Gasteiger partial charge in [0.05, 0.1) is 33.9 Å². The Morgan fingerprint density at radius 3 is 1.44 bits per heavy atom. The van der Waals surface area contributed by atoms with Gasteiger partial charge in [0.25, 0.3) is 11.1 Å². The standard InChI is InChI=1S/2C20H28BrN3O2/c2*1-3-6-18(23-10-5-7-14(12-23)13-25)19-22-17-9-8-15(21)11-16(17)20(26)24(19)4-2/h2*8-9,11,14,18,25H,3-7,10,12-13H2,1-2H3/t14-,18+;14-,18-/m11/s1. The molecule has 0 bridgehead atoms. The zero-order chi connectivity index (χ0) is 37.4. The number of benzene rings is 2. The smallest absolute Gasteiger partial charge is 0.261 e. The van der Waals surface area contributed by atoms with Crippen molar-refractivity contribution in [2.75, 3.05) is 39.4 Å². The lowest BCUT2D eigenvalue weighted by molar-refractivity contribution is 0.0784. The third-order valence-electron chi connectivity index (χ3n) is 10.7. The first-order chi connectivity index (χ1) is 25.2. The summed E-state index contributed by atoms with van der Waals surface area (Å²) in [5.74, 6) is 2.38. The van der Waals surface area contributed by atoms with Gasteiger partial charge >= 0.3 is 0 Å². The maximum atomic E-state index is 13.1. The second-order valence-corrected chi connectivity index (χ2v) is 16.2. The number of aromatic nitrogens is 4. The number of piperidine rings is 2. The van der Waals surface area contributed by atoms with Gasteiger partial charge in [-0.05, 0) is 114 Å². The van der Waals surface area contributed by atoms with Crippen molar-refractivity contribution < 1.29 is 10.2 Å². The fourth-order valence-corrected chi connectivity index (χ4v) is 8.82. The summed E-state index contributed by atoms with van der Waals surface area (Å²) < 4.78 is 5.45. The Balaban J connectivity index is 0.000000201. The molecule has 2 aromatic heterocycles. The summed E-state index contributed by atoms with van der Waals surface area (Å²) in [6, 6.07) is 11.7. The monoisotopic (exact) mass is 842 g/mol. The molecule has 2 aromatic carbocycles. The average Bonchev–Trinajstić information content (AvgIpc) is 3.16. The molecule has 0 unspecified atom stereocenters. The van der Waals surface area contributed by atoms with E-state index in [1.54, 1.807) is 0 Å². The number of nitrogens with zero attached hydrogens (tertiary/aromatic N) is 6. The summed E-state index contributed by atoms with van der Waals surface area (Å²) >= 11 is 6.91. The molecule has 0 radical (unpaired) electrons. The molecule has 6 rings (SSSR count). The minimum atomic E-state index is 0.0330. The summed E-state index contributed by atoms with van der Waals surface area (Å²) in [6.07, 6.45) is 8.31. The van der Waals surface area contributed by atoms with E-state index in [-0.39, 0.29) is 36.4 Å². The van der Waals surface area contributed by atoms with Crippen LogP contribution in [-0.4, -0.2) is 78.5 Å². The molecule has 4 aromatic rings. The van der Waals surface area contributed by atoms with Crippen LogP contribution in [0.4, 0.5) is 0 Å². The van der Waals surface area contributed by atoms with Crippen molar-refractivity contribution in [3.8, 4) is 0 Å².